The van der Waals surface area contributed by atoms with Gasteiger partial charge in [0.2, 0.25) is 5.91 Å². The fourth-order valence-electron chi connectivity index (χ4n) is 1.45. The van der Waals surface area contributed by atoms with Crippen LogP contribution < -0.4 is 5.32 Å². The van der Waals surface area contributed by atoms with Gasteiger partial charge in [0.05, 0.1) is 5.75 Å². The molecule has 94 valence electrons. The van der Waals surface area contributed by atoms with E-state index in [1.165, 1.54) is 6.42 Å². The molecule has 0 spiro atoms. The van der Waals surface area contributed by atoms with Crippen molar-refractivity contribution in [1.29, 1.82) is 0 Å². The maximum Gasteiger partial charge on any atom is 0.230 e. The van der Waals surface area contributed by atoms with Crippen LogP contribution in [0.5, 0.6) is 0 Å². The standard InChI is InChI=1S/C14H21NOS/c1-12(2)7-6-10-15-14(16)11-17-13-8-4-3-5-9-13/h3-5,8-9,12H,6-7,10-11H2,1-2H3,(H,15,16). The molecule has 2 nitrogen and oxygen atoms in total. The minimum absolute atomic E-state index is 0.127. The van der Waals surface area contributed by atoms with E-state index in [2.05, 4.69) is 19.2 Å². The van der Waals surface area contributed by atoms with E-state index < -0.39 is 0 Å². The normalized spacial score (nSPS) is 10.5. The van der Waals surface area contributed by atoms with E-state index in [4.69, 9.17) is 0 Å². The summed E-state index contributed by atoms with van der Waals surface area (Å²) in [6, 6.07) is 10.0. The number of rotatable bonds is 7. The average molecular weight is 251 g/mol. The van der Waals surface area contributed by atoms with Crippen molar-refractivity contribution in [3.63, 3.8) is 0 Å². The summed E-state index contributed by atoms with van der Waals surface area (Å²) in [6.45, 7) is 5.20. The van der Waals surface area contributed by atoms with Gasteiger partial charge >= 0.3 is 0 Å². The van der Waals surface area contributed by atoms with E-state index in [-0.39, 0.29) is 5.91 Å². The Balaban J connectivity index is 2.09. The van der Waals surface area contributed by atoms with Crippen molar-refractivity contribution in [3.8, 4) is 0 Å². The van der Waals surface area contributed by atoms with Crippen LogP contribution in [0.4, 0.5) is 0 Å². The minimum Gasteiger partial charge on any atom is -0.355 e. The highest BCUT2D eigenvalue weighted by Crippen LogP contribution is 2.16. The molecule has 1 aromatic carbocycles. The molecule has 3 heteroatoms. The summed E-state index contributed by atoms with van der Waals surface area (Å²) in [7, 11) is 0. The molecule has 0 aliphatic carbocycles. The number of thioether (sulfide) groups is 1. The van der Waals surface area contributed by atoms with E-state index in [1.54, 1.807) is 11.8 Å². The Morgan fingerprint density at radius 3 is 2.65 bits per heavy atom. The first kappa shape index (κ1) is 14.1. The number of carbonyl (C=O) groups excluding carboxylic acids is 1. The van der Waals surface area contributed by atoms with Gasteiger partial charge in [0.1, 0.15) is 0 Å². The summed E-state index contributed by atoms with van der Waals surface area (Å²) in [6.07, 6.45) is 2.24. The molecule has 1 amide bonds. The minimum atomic E-state index is 0.127. The molecule has 0 bridgehead atoms. The van der Waals surface area contributed by atoms with Gasteiger partial charge in [-0.25, -0.2) is 0 Å². The van der Waals surface area contributed by atoms with Crippen LogP contribution >= 0.6 is 11.8 Å². The topological polar surface area (TPSA) is 29.1 Å². The van der Waals surface area contributed by atoms with Crippen molar-refractivity contribution in [2.45, 2.75) is 31.6 Å². The number of amides is 1. The zero-order valence-corrected chi connectivity index (χ0v) is 11.4. The SMILES string of the molecule is CC(C)CCCNC(=O)CSc1ccccc1. The van der Waals surface area contributed by atoms with Crippen molar-refractivity contribution in [1.82, 2.24) is 5.32 Å². The Kier molecular flexibility index (Phi) is 6.78. The molecule has 0 aromatic heterocycles. The Bertz CT molecular complexity index is 324. The number of hydrogen-bond donors (Lipinski definition) is 1. The molecule has 0 atom stereocenters. The van der Waals surface area contributed by atoms with Crippen molar-refractivity contribution in [2.24, 2.45) is 5.92 Å². The van der Waals surface area contributed by atoms with Gasteiger partial charge < -0.3 is 5.32 Å². The van der Waals surface area contributed by atoms with Gasteiger partial charge in [0.15, 0.2) is 0 Å². The van der Waals surface area contributed by atoms with Crippen molar-refractivity contribution >= 4 is 17.7 Å². The molecule has 1 aromatic rings. The lowest BCUT2D eigenvalue weighted by Gasteiger charge is -2.06. The van der Waals surface area contributed by atoms with E-state index in [9.17, 15) is 4.79 Å². The van der Waals surface area contributed by atoms with Gasteiger partial charge in [-0.1, -0.05) is 32.0 Å². The number of benzene rings is 1. The first-order valence-corrected chi connectivity index (χ1v) is 7.11. The van der Waals surface area contributed by atoms with Crippen molar-refractivity contribution < 1.29 is 4.79 Å². The molecule has 0 saturated heterocycles. The largest absolute Gasteiger partial charge is 0.355 e. The van der Waals surface area contributed by atoms with Crippen molar-refractivity contribution in [3.05, 3.63) is 30.3 Å². The van der Waals surface area contributed by atoms with Gasteiger partial charge in [0.25, 0.3) is 0 Å². The molecule has 0 heterocycles. The van der Waals surface area contributed by atoms with Crippen LogP contribution in [0.25, 0.3) is 0 Å². The third-order valence-electron chi connectivity index (χ3n) is 2.39. The lowest BCUT2D eigenvalue weighted by molar-refractivity contribution is -0.118. The summed E-state index contributed by atoms with van der Waals surface area (Å²) >= 11 is 1.58. The second-order valence-electron chi connectivity index (χ2n) is 4.49. The molecule has 0 radical (unpaired) electrons. The second-order valence-corrected chi connectivity index (χ2v) is 5.54. The lowest BCUT2D eigenvalue weighted by Crippen LogP contribution is -2.26. The predicted molar refractivity (Wildman–Crippen MR) is 74.2 cm³/mol. The Hall–Kier alpha value is -0.960. The number of carbonyl (C=O) groups is 1. The van der Waals surface area contributed by atoms with E-state index in [0.29, 0.717) is 11.7 Å². The predicted octanol–water partition coefficient (Wildman–Crippen LogP) is 3.33. The van der Waals surface area contributed by atoms with Gasteiger partial charge in [-0.05, 0) is 30.9 Å². The smallest absolute Gasteiger partial charge is 0.230 e. The van der Waals surface area contributed by atoms with Crippen LogP contribution in [0.1, 0.15) is 26.7 Å². The van der Waals surface area contributed by atoms with E-state index in [1.807, 2.05) is 30.3 Å². The number of nitrogens with one attached hydrogen (secondary N) is 1. The summed E-state index contributed by atoms with van der Waals surface area (Å²) in [5.74, 6) is 1.35. The molecular weight excluding hydrogens is 230 g/mol. The zero-order chi connectivity index (χ0) is 12.5. The molecular formula is C14H21NOS. The van der Waals surface area contributed by atoms with Crippen molar-refractivity contribution in [2.75, 3.05) is 12.3 Å². The maximum atomic E-state index is 11.5. The Labute approximate surface area is 108 Å². The molecule has 0 aliphatic rings. The Morgan fingerprint density at radius 2 is 2.00 bits per heavy atom. The molecule has 0 aliphatic heterocycles. The van der Waals surface area contributed by atoms with Gasteiger partial charge in [-0.15, -0.1) is 11.8 Å². The first-order chi connectivity index (χ1) is 8.18. The monoisotopic (exact) mass is 251 g/mol. The highest BCUT2D eigenvalue weighted by molar-refractivity contribution is 8.00. The van der Waals surface area contributed by atoms with E-state index >= 15 is 0 Å². The molecule has 0 saturated carbocycles. The second kappa shape index (κ2) is 8.18. The molecule has 17 heavy (non-hydrogen) atoms. The van der Waals surface area contributed by atoms with Gasteiger partial charge in [-0.3, -0.25) is 4.79 Å². The van der Waals surface area contributed by atoms with Crippen LogP contribution in [0.3, 0.4) is 0 Å². The van der Waals surface area contributed by atoms with Gasteiger partial charge in [-0.2, -0.15) is 0 Å². The molecule has 0 unspecified atom stereocenters. The zero-order valence-electron chi connectivity index (χ0n) is 10.6. The summed E-state index contributed by atoms with van der Waals surface area (Å²) in [5.41, 5.74) is 0. The Morgan fingerprint density at radius 1 is 1.29 bits per heavy atom. The fourth-order valence-corrected chi connectivity index (χ4v) is 2.20. The highest BCUT2D eigenvalue weighted by atomic mass is 32.2. The van der Waals surface area contributed by atoms with Crippen LogP contribution in [0.15, 0.2) is 35.2 Å². The van der Waals surface area contributed by atoms with Crippen LogP contribution in [0.2, 0.25) is 0 Å². The first-order valence-electron chi connectivity index (χ1n) is 6.13. The molecule has 1 N–H and O–H groups in total. The van der Waals surface area contributed by atoms with Crippen LogP contribution in [-0.2, 0) is 4.79 Å². The highest BCUT2D eigenvalue weighted by Gasteiger charge is 2.02. The molecule has 1 rings (SSSR count). The molecule has 0 fully saturated rings. The summed E-state index contributed by atoms with van der Waals surface area (Å²) in [4.78, 5) is 12.7. The number of hydrogen-bond acceptors (Lipinski definition) is 2. The van der Waals surface area contributed by atoms with E-state index in [0.717, 1.165) is 17.9 Å². The lowest BCUT2D eigenvalue weighted by atomic mass is 10.1. The van der Waals surface area contributed by atoms with Crippen LogP contribution in [-0.4, -0.2) is 18.2 Å². The quantitative estimate of drug-likeness (QED) is 0.595. The van der Waals surface area contributed by atoms with Crippen LogP contribution in [0, 0.1) is 5.92 Å². The third-order valence-corrected chi connectivity index (χ3v) is 3.41. The maximum absolute atomic E-state index is 11.5. The van der Waals surface area contributed by atoms with Gasteiger partial charge in [0, 0.05) is 11.4 Å². The average Bonchev–Trinajstić information content (AvgIpc) is 2.33. The third kappa shape index (κ3) is 7.05. The summed E-state index contributed by atoms with van der Waals surface area (Å²) in [5, 5.41) is 2.95. The summed E-state index contributed by atoms with van der Waals surface area (Å²) < 4.78 is 0. The fraction of sp³-hybridized carbons (Fsp3) is 0.500.